The summed E-state index contributed by atoms with van der Waals surface area (Å²) in [7, 11) is 1.97. The van der Waals surface area contributed by atoms with E-state index in [0.717, 1.165) is 31.2 Å². The average Bonchev–Trinajstić information content (AvgIpc) is 2.96. The van der Waals surface area contributed by atoms with Crippen LogP contribution in [-0.4, -0.2) is 18.6 Å². The third-order valence-corrected chi connectivity index (χ3v) is 5.05. The Balaban J connectivity index is 1.77. The molecule has 0 spiro atoms. The molecule has 0 atom stereocenters. The van der Waals surface area contributed by atoms with E-state index in [4.69, 9.17) is 0 Å². The second-order valence-electron chi connectivity index (χ2n) is 4.18. The smallest absolute Gasteiger partial charge is 0.185 e. The van der Waals surface area contributed by atoms with E-state index in [9.17, 15) is 0 Å². The standard InChI is InChI=1S/C12H15N3S2/c1-13-6-10-7-14-12(17-10)15-4-2-11-9(8-15)3-5-16-11/h3,5,7,13H,2,4,6,8H2,1H3. The number of thiazole rings is 1. The Kier molecular flexibility index (Phi) is 3.13. The number of nitrogens with zero attached hydrogens (tertiary/aromatic N) is 2. The predicted molar refractivity (Wildman–Crippen MR) is 74.0 cm³/mol. The van der Waals surface area contributed by atoms with Gasteiger partial charge in [-0.15, -0.1) is 22.7 Å². The molecule has 0 saturated carbocycles. The van der Waals surface area contributed by atoms with E-state index in [-0.39, 0.29) is 0 Å². The lowest BCUT2D eigenvalue weighted by Crippen LogP contribution is -2.29. The summed E-state index contributed by atoms with van der Waals surface area (Å²) in [6.07, 6.45) is 3.15. The van der Waals surface area contributed by atoms with Crippen LogP contribution in [0.2, 0.25) is 0 Å². The molecule has 0 radical (unpaired) electrons. The van der Waals surface area contributed by atoms with Crippen molar-refractivity contribution in [3.05, 3.63) is 33.0 Å². The van der Waals surface area contributed by atoms with Crippen molar-refractivity contribution >= 4 is 27.8 Å². The van der Waals surface area contributed by atoms with Gasteiger partial charge in [0.05, 0.1) is 0 Å². The van der Waals surface area contributed by atoms with Crippen LogP contribution in [0.5, 0.6) is 0 Å². The highest BCUT2D eigenvalue weighted by Gasteiger charge is 2.19. The van der Waals surface area contributed by atoms with Crippen LogP contribution in [0.1, 0.15) is 15.3 Å². The van der Waals surface area contributed by atoms with Crippen molar-refractivity contribution in [1.82, 2.24) is 10.3 Å². The van der Waals surface area contributed by atoms with Gasteiger partial charge in [-0.1, -0.05) is 0 Å². The lowest BCUT2D eigenvalue weighted by Gasteiger charge is -2.26. The van der Waals surface area contributed by atoms with Gasteiger partial charge >= 0.3 is 0 Å². The maximum absolute atomic E-state index is 4.52. The van der Waals surface area contributed by atoms with E-state index in [1.807, 2.05) is 24.6 Å². The molecule has 3 heterocycles. The first-order valence-corrected chi connectivity index (χ1v) is 7.46. The fourth-order valence-electron chi connectivity index (χ4n) is 2.11. The van der Waals surface area contributed by atoms with Gasteiger partial charge < -0.3 is 10.2 Å². The van der Waals surface area contributed by atoms with Gasteiger partial charge in [-0.05, 0) is 30.5 Å². The molecule has 0 aromatic carbocycles. The van der Waals surface area contributed by atoms with Crippen LogP contribution < -0.4 is 10.2 Å². The summed E-state index contributed by atoms with van der Waals surface area (Å²) in [6.45, 7) is 3.03. The summed E-state index contributed by atoms with van der Waals surface area (Å²) in [4.78, 5) is 9.76. The topological polar surface area (TPSA) is 28.2 Å². The first-order chi connectivity index (χ1) is 8.36. The summed E-state index contributed by atoms with van der Waals surface area (Å²) in [5, 5.41) is 6.52. The molecule has 0 amide bonds. The first-order valence-electron chi connectivity index (χ1n) is 5.76. The maximum Gasteiger partial charge on any atom is 0.185 e. The quantitative estimate of drug-likeness (QED) is 0.924. The molecular weight excluding hydrogens is 250 g/mol. The Bertz CT molecular complexity index is 503. The third kappa shape index (κ3) is 2.22. The minimum Gasteiger partial charge on any atom is -0.343 e. The Morgan fingerprint density at radius 2 is 2.47 bits per heavy atom. The van der Waals surface area contributed by atoms with Gasteiger partial charge in [-0.25, -0.2) is 4.98 Å². The molecule has 0 aliphatic carbocycles. The van der Waals surface area contributed by atoms with Crippen LogP contribution in [0, 0.1) is 0 Å². The van der Waals surface area contributed by atoms with E-state index in [0.29, 0.717) is 0 Å². The molecule has 0 unspecified atom stereocenters. The Hall–Kier alpha value is -0.910. The summed E-state index contributed by atoms with van der Waals surface area (Å²) < 4.78 is 0. The molecule has 3 nitrogen and oxygen atoms in total. The fourth-order valence-corrected chi connectivity index (χ4v) is 3.95. The molecule has 0 saturated heterocycles. The van der Waals surface area contributed by atoms with Gasteiger partial charge in [0, 0.05) is 35.6 Å². The van der Waals surface area contributed by atoms with Crippen molar-refractivity contribution in [3.63, 3.8) is 0 Å². The van der Waals surface area contributed by atoms with Gasteiger partial charge in [0.2, 0.25) is 0 Å². The minimum absolute atomic E-state index is 0.912. The summed E-state index contributed by atoms with van der Waals surface area (Å²) >= 11 is 3.68. The first kappa shape index (κ1) is 11.2. The molecule has 1 aliphatic rings. The summed E-state index contributed by atoms with van der Waals surface area (Å²) in [5.41, 5.74) is 1.48. The molecule has 1 aliphatic heterocycles. The molecule has 2 aromatic heterocycles. The number of hydrogen-bond acceptors (Lipinski definition) is 5. The highest BCUT2D eigenvalue weighted by atomic mass is 32.1. The molecule has 17 heavy (non-hydrogen) atoms. The summed E-state index contributed by atoms with van der Waals surface area (Å²) in [6, 6.07) is 2.24. The van der Waals surface area contributed by atoms with Crippen LogP contribution in [0.25, 0.3) is 0 Å². The van der Waals surface area contributed by atoms with Crippen molar-refractivity contribution in [2.45, 2.75) is 19.5 Å². The van der Waals surface area contributed by atoms with E-state index in [1.54, 1.807) is 16.2 Å². The van der Waals surface area contributed by atoms with Gasteiger partial charge in [-0.2, -0.15) is 0 Å². The second kappa shape index (κ2) is 4.76. The van der Waals surface area contributed by atoms with Gasteiger partial charge in [0.15, 0.2) is 5.13 Å². The normalized spacial score (nSPS) is 15.0. The molecule has 3 rings (SSSR count). The van der Waals surface area contributed by atoms with Crippen molar-refractivity contribution in [3.8, 4) is 0 Å². The summed E-state index contributed by atoms with van der Waals surface area (Å²) in [5.74, 6) is 0. The number of aromatic nitrogens is 1. The number of anilines is 1. The number of hydrogen-bond donors (Lipinski definition) is 1. The van der Waals surface area contributed by atoms with Crippen molar-refractivity contribution < 1.29 is 0 Å². The molecular formula is C12H15N3S2. The van der Waals surface area contributed by atoms with E-state index >= 15 is 0 Å². The van der Waals surface area contributed by atoms with E-state index in [2.05, 4.69) is 26.6 Å². The minimum atomic E-state index is 0.912. The molecule has 2 aromatic rings. The molecule has 1 N–H and O–H groups in total. The Labute approximate surface area is 109 Å². The molecule has 5 heteroatoms. The zero-order valence-electron chi connectivity index (χ0n) is 9.77. The molecule has 90 valence electrons. The lowest BCUT2D eigenvalue weighted by molar-refractivity contribution is 0.740. The zero-order valence-corrected chi connectivity index (χ0v) is 11.4. The van der Waals surface area contributed by atoms with Crippen molar-refractivity contribution in [2.24, 2.45) is 0 Å². The Morgan fingerprint density at radius 3 is 3.35 bits per heavy atom. The van der Waals surface area contributed by atoms with Crippen molar-refractivity contribution in [2.75, 3.05) is 18.5 Å². The van der Waals surface area contributed by atoms with Gasteiger partial charge in [0.1, 0.15) is 0 Å². The lowest BCUT2D eigenvalue weighted by atomic mass is 10.1. The number of rotatable bonds is 3. The van der Waals surface area contributed by atoms with E-state index < -0.39 is 0 Å². The SMILES string of the molecule is CNCc1cnc(N2CCc3sccc3C2)s1. The largest absolute Gasteiger partial charge is 0.343 e. The number of fused-ring (bicyclic) bond motifs is 1. The number of thiophene rings is 1. The number of nitrogens with one attached hydrogen (secondary N) is 1. The Morgan fingerprint density at radius 1 is 1.53 bits per heavy atom. The zero-order chi connectivity index (χ0) is 11.7. The molecule has 0 fully saturated rings. The van der Waals surface area contributed by atoms with Crippen LogP contribution in [0.3, 0.4) is 0 Å². The highest BCUT2D eigenvalue weighted by molar-refractivity contribution is 7.15. The van der Waals surface area contributed by atoms with Crippen LogP contribution in [0.15, 0.2) is 17.6 Å². The third-order valence-electron chi connectivity index (χ3n) is 2.97. The van der Waals surface area contributed by atoms with E-state index in [1.165, 1.54) is 10.4 Å². The average molecular weight is 265 g/mol. The monoisotopic (exact) mass is 265 g/mol. The van der Waals surface area contributed by atoms with Crippen LogP contribution in [0.4, 0.5) is 5.13 Å². The van der Waals surface area contributed by atoms with Crippen molar-refractivity contribution in [1.29, 1.82) is 0 Å². The highest BCUT2D eigenvalue weighted by Crippen LogP contribution is 2.30. The maximum atomic E-state index is 4.52. The van der Waals surface area contributed by atoms with Gasteiger partial charge in [-0.3, -0.25) is 0 Å². The second-order valence-corrected chi connectivity index (χ2v) is 6.27. The fraction of sp³-hybridized carbons (Fsp3) is 0.417. The van der Waals surface area contributed by atoms with Crippen LogP contribution in [-0.2, 0) is 19.5 Å². The molecule has 0 bridgehead atoms. The predicted octanol–water partition coefficient (Wildman–Crippen LogP) is 2.49. The van der Waals surface area contributed by atoms with Gasteiger partial charge in [0.25, 0.3) is 0 Å². The van der Waals surface area contributed by atoms with Crippen LogP contribution >= 0.6 is 22.7 Å².